The summed E-state index contributed by atoms with van der Waals surface area (Å²) >= 11 is 5.80. The minimum Gasteiger partial charge on any atom is -0.481 e. The predicted octanol–water partition coefficient (Wildman–Crippen LogP) is 4.70. The molecule has 0 bridgehead atoms. The van der Waals surface area contributed by atoms with Gasteiger partial charge in [0.25, 0.3) is 0 Å². The summed E-state index contributed by atoms with van der Waals surface area (Å²) in [4.78, 5) is 13.2. The van der Waals surface area contributed by atoms with E-state index in [1.807, 2.05) is 13.8 Å². The van der Waals surface area contributed by atoms with Crippen molar-refractivity contribution in [2.24, 2.45) is 0 Å². The molecule has 192 valence electrons. The van der Waals surface area contributed by atoms with Gasteiger partial charge in [-0.2, -0.15) is 17.5 Å². The van der Waals surface area contributed by atoms with Crippen LogP contribution in [0.25, 0.3) is 0 Å². The van der Waals surface area contributed by atoms with Crippen molar-refractivity contribution in [2.45, 2.75) is 56.3 Å². The molecule has 1 aliphatic rings. The van der Waals surface area contributed by atoms with Gasteiger partial charge in [0.1, 0.15) is 0 Å². The topological polar surface area (TPSA) is 77.9 Å². The first kappa shape index (κ1) is 27.4. The minimum absolute atomic E-state index is 0.0718. The monoisotopic (exact) mass is 532 g/mol. The molecule has 0 radical (unpaired) electrons. The Balaban J connectivity index is 1.62. The highest BCUT2D eigenvalue weighted by Crippen LogP contribution is 2.35. The number of benzene rings is 2. The molecule has 11 heteroatoms. The Kier molecular flexibility index (Phi) is 8.52. The largest absolute Gasteiger partial charge is 0.481 e. The highest BCUT2D eigenvalue weighted by atomic mass is 35.5. The number of alkyl halides is 3. The molecule has 0 spiro atoms. The Labute approximate surface area is 208 Å². The van der Waals surface area contributed by atoms with Gasteiger partial charge in [-0.3, -0.25) is 4.79 Å². The quantitative estimate of drug-likeness (QED) is 0.533. The van der Waals surface area contributed by atoms with Crippen molar-refractivity contribution in [1.82, 2.24) is 9.21 Å². The van der Waals surface area contributed by atoms with Crippen LogP contribution in [0.15, 0.2) is 47.4 Å². The summed E-state index contributed by atoms with van der Waals surface area (Å²) in [6, 6.07) is 9.16. The van der Waals surface area contributed by atoms with Gasteiger partial charge in [-0.15, -0.1) is 0 Å². The van der Waals surface area contributed by atoms with Gasteiger partial charge in [0.2, 0.25) is 10.0 Å². The van der Waals surface area contributed by atoms with Crippen LogP contribution in [0.2, 0.25) is 5.02 Å². The average molecular weight is 533 g/mol. The fraction of sp³-hybridized carbons (Fsp3) is 0.458. The number of sulfonamides is 1. The van der Waals surface area contributed by atoms with E-state index in [1.165, 1.54) is 28.6 Å². The lowest BCUT2D eigenvalue weighted by molar-refractivity contribution is -0.138. The predicted molar refractivity (Wildman–Crippen MR) is 127 cm³/mol. The van der Waals surface area contributed by atoms with Gasteiger partial charge in [-0.1, -0.05) is 29.8 Å². The second-order valence-corrected chi connectivity index (χ2v) is 11.2. The van der Waals surface area contributed by atoms with Crippen LogP contribution in [0.1, 0.15) is 37.0 Å². The maximum Gasteiger partial charge on any atom is 0.417 e. The zero-order chi connectivity index (χ0) is 26.0. The molecule has 2 aromatic carbocycles. The molecule has 0 saturated carbocycles. The van der Waals surface area contributed by atoms with E-state index in [1.54, 1.807) is 12.1 Å². The van der Waals surface area contributed by atoms with Gasteiger partial charge in [0.15, 0.2) is 0 Å². The standard InChI is InChI=1S/C24H28ClF3N2O4S/c1-16-14-29(10-4-6-18-8-9-21(22(25)12-18)24(26,27)28)15-17(2)30(16)35(33,34)20-7-3-5-19(11-20)13-23(31)32/h3,5,7-9,11-12,16-17H,4,6,10,13-15H2,1-2H3,(H,31,32). The SMILES string of the molecule is CC1CN(CCCc2ccc(C(F)(F)F)c(Cl)c2)CC(C)N1S(=O)(=O)c1cccc(CC(=O)O)c1. The van der Waals surface area contributed by atoms with E-state index in [0.717, 1.165) is 6.07 Å². The molecule has 2 unspecified atom stereocenters. The lowest BCUT2D eigenvalue weighted by Crippen LogP contribution is -2.58. The summed E-state index contributed by atoms with van der Waals surface area (Å²) in [5, 5.41) is 8.69. The van der Waals surface area contributed by atoms with Gasteiger partial charge in [-0.25, -0.2) is 8.42 Å². The fourth-order valence-corrected chi connectivity index (χ4v) is 6.82. The maximum atomic E-state index is 13.3. The third kappa shape index (κ3) is 6.75. The molecular weight excluding hydrogens is 505 g/mol. The summed E-state index contributed by atoms with van der Waals surface area (Å²) in [6.45, 7) is 5.33. The Bertz CT molecular complexity index is 1160. The zero-order valence-corrected chi connectivity index (χ0v) is 21.0. The van der Waals surface area contributed by atoms with Crippen LogP contribution in [-0.2, 0) is 33.8 Å². The van der Waals surface area contributed by atoms with Crippen molar-refractivity contribution >= 4 is 27.6 Å². The average Bonchev–Trinajstić information content (AvgIpc) is 2.72. The van der Waals surface area contributed by atoms with E-state index in [9.17, 15) is 26.4 Å². The highest BCUT2D eigenvalue weighted by Gasteiger charge is 2.38. The van der Waals surface area contributed by atoms with E-state index < -0.39 is 27.7 Å². The van der Waals surface area contributed by atoms with Crippen LogP contribution in [0.4, 0.5) is 13.2 Å². The minimum atomic E-state index is -4.49. The van der Waals surface area contributed by atoms with Crippen LogP contribution < -0.4 is 0 Å². The lowest BCUT2D eigenvalue weighted by atomic mass is 10.1. The van der Waals surface area contributed by atoms with Crippen molar-refractivity contribution in [1.29, 1.82) is 0 Å². The second kappa shape index (κ2) is 10.9. The number of halogens is 4. The molecule has 2 atom stereocenters. The van der Waals surface area contributed by atoms with Crippen LogP contribution in [0, 0.1) is 0 Å². The van der Waals surface area contributed by atoms with Gasteiger partial charge in [0.05, 0.1) is 21.9 Å². The van der Waals surface area contributed by atoms with Crippen LogP contribution in [0.5, 0.6) is 0 Å². The van der Waals surface area contributed by atoms with Crippen molar-refractivity contribution < 1.29 is 31.5 Å². The zero-order valence-electron chi connectivity index (χ0n) is 19.4. The molecule has 0 aromatic heterocycles. The summed E-state index contributed by atoms with van der Waals surface area (Å²) < 4.78 is 66.8. The highest BCUT2D eigenvalue weighted by molar-refractivity contribution is 7.89. The van der Waals surface area contributed by atoms with E-state index in [-0.39, 0.29) is 28.4 Å². The van der Waals surface area contributed by atoms with Gasteiger partial charge >= 0.3 is 12.1 Å². The third-order valence-electron chi connectivity index (χ3n) is 6.02. The third-order valence-corrected chi connectivity index (χ3v) is 8.46. The van der Waals surface area contributed by atoms with Crippen molar-refractivity contribution in [2.75, 3.05) is 19.6 Å². The molecule has 3 rings (SSSR count). The van der Waals surface area contributed by atoms with Gasteiger partial charge in [-0.05, 0) is 68.6 Å². The first-order valence-electron chi connectivity index (χ1n) is 11.2. The molecule has 35 heavy (non-hydrogen) atoms. The molecule has 0 amide bonds. The number of piperazine rings is 1. The summed E-state index contributed by atoms with van der Waals surface area (Å²) in [7, 11) is -3.82. The molecule has 6 nitrogen and oxygen atoms in total. The van der Waals surface area contributed by atoms with Crippen LogP contribution in [-0.4, -0.2) is 60.4 Å². The normalized spacial score (nSPS) is 20.2. The molecule has 1 N–H and O–H groups in total. The van der Waals surface area contributed by atoms with Crippen molar-refractivity contribution in [3.63, 3.8) is 0 Å². The Morgan fingerprint density at radius 2 is 1.74 bits per heavy atom. The molecule has 1 aliphatic heterocycles. The van der Waals surface area contributed by atoms with E-state index in [2.05, 4.69) is 4.90 Å². The summed E-state index contributed by atoms with van der Waals surface area (Å²) in [5.74, 6) is -1.03. The summed E-state index contributed by atoms with van der Waals surface area (Å²) in [5.41, 5.74) is 0.281. The molecule has 1 fully saturated rings. The smallest absolute Gasteiger partial charge is 0.417 e. The number of carboxylic acid groups (broad SMARTS) is 1. The van der Waals surface area contributed by atoms with Crippen LogP contribution in [0.3, 0.4) is 0 Å². The number of rotatable bonds is 8. The Hall–Kier alpha value is -2.14. The molecule has 1 saturated heterocycles. The van der Waals surface area contributed by atoms with E-state index >= 15 is 0 Å². The van der Waals surface area contributed by atoms with Crippen molar-refractivity contribution in [3.8, 4) is 0 Å². The number of carboxylic acids is 1. The first-order chi connectivity index (χ1) is 16.3. The maximum absolute atomic E-state index is 13.3. The molecular formula is C24H28ClF3N2O4S. The Morgan fingerprint density at radius 1 is 1.09 bits per heavy atom. The number of aliphatic carboxylic acids is 1. The van der Waals surface area contributed by atoms with E-state index in [4.69, 9.17) is 16.7 Å². The molecule has 2 aromatic rings. The number of hydrogen-bond donors (Lipinski definition) is 1. The van der Waals surface area contributed by atoms with Gasteiger partial charge in [0, 0.05) is 25.2 Å². The number of aryl methyl sites for hydroxylation is 1. The first-order valence-corrected chi connectivity index (χ1v) is 13.0. The fourth-order valence-electron chi connectivity index (χ4n) is 4.64. The molecule has 0 aliphatic carbocycles. The van der Waals surface area contributed by atoms with E-state index in [0.29, 0.717) is 43.6 Å². The summed E-state index contributed by atoms with van der Waals surface area (Å²) in [6.07, 6.45) is -3.51. The molecule has 1 heterocycles. The Morgan fingerprint density at radius 3 is 2.31 bits per heavy atom. The number of nitrogens with zero attached hydrogens (tertiary/aromatic N) is 2. The van der Waals surface area contributed by atoms with Gasteiger partial charge < -0.3 is 10.0 Å². The lowest BCUT2D eigenvalue weighted by Gasteiger charge is -2.43. The van der Waals surface area contributed by atoms with Crippen LogP contribution >= 0.6 is 11.6 Å². The number of hydrogen-bond acceptors (Lipinski definition) is 4. The number of carbonyl (C=O) groups is 1. The van der Waals surface area contributed by atoms with Crippen molar-refractivity contribution in [3.05, 3.63) is 64.2 Å². The second-order valence-electron chi connectivity index (χ2n) is 8.93.